The minimum atomic E-state index is 0.826. The summed E-state index contributed by atoms with van der Waals surface area (Å²) in [5.41, 5.74) is 1.24. The van der Waals surface area contributed by atoms with Crippen molar-refractivity contribution in [1.82, 2.24) is 15.3 Å². The van der Waals surface area contributed by atoms with Crippen molar-refractivity contribution in [3.05, 3.63) is 24.3 Å². The summed E-state index contributed by atoms with van der Waals surface area (Å²) >= 11 is 0. The van der Waals surface area contributed by atoms with Gasteiger partial charge < -0.3 is 5.32 Å². The summed E-state index contributed by atoms with van der Waals surface area (Å²) in [6.45, 7) is 1.12. The van der Waals surface area contributed by atoms with E-state index in [-0.39, 0.29) is 0 Å². The van der Waals surface area contributed by atoms with E-state index in [1.165, 1.54) is 24.8 Å². The van der Waals surface area contributed by atoms with Crippen molar-refractivity contribution in [3.8, 4) is 0 Å². The molecule has 3 heteroatoms. The van der Waals surface area contributed by atoms with Gasteiger partial charge in [0, 0.05) is 18.4 Å². The number of nitrogens with zero attached hydrogens (tertiary/aromatic N) is 2. The van der Waals surface area contributed by atoms with Crippen LogP contribution in [0, 0.1) is 0 Å². The average Bonchev–Trinajstić information content (AvgIpc) is 2.98. The molecule has 0 saturated heterocycles. The lowest BCUT2D eigenvalue weighted by molar-refractivity contribution is 0.644. The predicted octanol–water partition coefficient (Wildman–Crippen LogP) is 1.16. The first-order chi connectivity index (χ1) is 6.45. The Morgan fingerprint density at radius 1 is 1.31 bits per heavy atom. The van der Waals surface area contributed by atoms with Gasteiger partial charge in [-0.15, -0.1) is 0 Å². The Labute approximate surface area is 78.6 Å². The van der Waals surface area contributed by atoms with Crippen molar-refractivity contribution < 1.29 is 0 Å². The van der Waals surface area contributed by atoms with Crippen LogP contribution in [0.15, 0.2) is 18.7 Å². The molecule has 3 nitrogen and oxygen atoms in total. The molecule has 1 aromatic rings. The van der Waals surface area contributed by atoms with Crippen molar-refractivity contribution in [2.75, 3.05) is 6.54 Å². The lowest BCUT2D eigenvalue weighted by atomic mass is 10.2. The van der Waals surface area contributed by atoms with E-state index < -0.39 is 0 Å². The van der Waals surface area contributed by atoms with Crippen LogP contribution < -0.4 is 5.32 Å². The van der Waals surface area contributed by atoms with Crippen LogP contribution in [-0.4, -0.2) is 22.6 Å². The monoisotopic (exact) mass is 177 g/mol. The summed E-state index contributed by atoms with van der Waals surface area (Å²) in [5.74, 6) is 0. The maximum absolute atomic E-state index is 3.98. The third-order valence-electron chi connectivity index (χ3n) is 2.27. The summed E-state index contributed by atoms with van der Waals surface area (Å²) in [6, 6.07) is 0.826. The molecule has 0 unspecified atom stereocenters. The number of aryl methyl sites for hydroxylation is 1. The first-order valence-electron chi connectivity index (χ1n) is 4.92. The largest absolute Gasteiger partial charge is 0.314 e. The summed E-state index contributed by atoms with van der Waals surface area (Å²) in [4.78, 5) is 7.96. The summed E-state index contributed by atoms with van der Waals surface area (Å²) < 4.78 is 0. The highest BCUT2D eigenvalue weighted by Gasteiger charge is 2.19. The molecule has 0 aliphatic heterocycles. The molecular formula is C10H15N3. The lowest BCUT2D eigenvalue weighted by Crippen LogP contribution is -2.17. The smallest absolute Gasteiger partial charge is 0.115 e. The van der Waals surface area contributed by atoms with E-state index in [0.29, 0.717) is 0 Å². The second-order valence-corrected chi connectivity index (χ2v) is 3.58. The van der Waals surface area contributed by atoms with Crippen molar-refractivity contribution in [2.45, 2.75) is 31.7 Å². The molecule has 0 aromatic carbocycles. The minimum absolute atomic E-state index is 0.826. The first-order valence-corrected chi connectivity index (χ1v) is 4.92. The SMILES string of the molecule is c1ncc(CCCNC2CC2)cn1. The third-order valence-corrected chi connectivity index (χ3v) is 2.27. The summed E-state index contributed by atoms with van der Waals surface area (Å²) in [7, 11) is 0. The molecule has 2 rings (SSSR count). The Bertz CT molecular complexity index is 244. The molecule has 1 fully saturated rings. The number of aromatic nitrogens is 2. The van der Waals surface area contributed by atoms with E-state index >= 15 is 0 Å². The molecule has 70 valence electrons. The van der Waals surface area contributed by atoms with Crippen LogP contribution in [0.5, 0.6) is 0 Å². The topological polar surface area (TPSA) is 37.8 Å². The molecular weight excluding hydrogens is 162 g/mol. The molecule has 1 aromatic heterocycles. The fourth-order valence-electron chi connectivity index (χ4n) is 1.35. The van der Waals surface area contributed by atoms with E-state index in [2.05, 4.69) is 15.3 Å². The molecule has 1 aliphatic rings. The van der Waals surface area contributed by atoms with Crippen LogP contribution in [0.1, 0.15) is 24.8 Å². The van der Waals surface area contributed by atoms with Gasteiger partial charge >= 0.3 is 0 Å². The Kier molecular flexibility index (Phi) is 2.87. The molecule has 0 radical (unpaired) electrons. The molecule has 1 heterocycles. The average molecular weight is 177 g/mol. The third kappa shape index (κ3) is 3.11. The van der Waals surface area contributed by atoms with E-state index in [1.54, 1.807) is 6.33 Å². The first kappa shape index (κ1) is 8.63. The van der Waals surface area contributed by atoms with Gasteiger partial charge in [-0.2, -0.15) is 0 Å². The van der Waals surface area contributed by atoms with E-state index in [1.807, 2.05) is 12.4 Å². The molecule has 0 spiro atoms. The summed E-state index contributed by atoms with van der Waals surface area (Å²) in [6.07, 6.45) is 10.4. The van der Waals surface area contributed by atoms with E-state index in [0.717, 1.165) is 19.0 Å². The molecule has 1 saturated carbocycles. The summed E-state index contributed by atoms with van der Waals surface area (Å²) in [5, 5.41) is 3.49. The van der Waals surface area contributed by atoms with Crippen molar-refractivity contribution in [1.29, 1.82) is 0 Å². The highest BCUT2D eigenvalue weighted by atomic mass is 14.9. The van der Waals surface area contributed by atoms with E-state index in [9.17, 15) is 0 Å². The maximum atomic E-state index is 3.98. The molecule has 13 heavy (non-hydrogen) atoms. The molecule has 1 aliphatic carbocycles. The zero-order chi connectivity index (χ0) is 8.93. The Morgan fingerprint density at radius 2 is 2.08 bits per heavy atom. The molecule has 0 bridgehead atoms. The van der Waals surface area contributed by atoms with Gasteiger partial charge in [0.25, 0.3) is 0 Å². The predicted molar refractivity (Wildman–Crippen MR) is 51.4 cm³/mol. The second kappa shape index (κ2) is 4.33. The van der Waals surface area contributed by atoms with Gasteiger partial charge in [0.15, 0.2) is 0 Å². The fraction of sp³-hybridized carbons (Fsp3) is 0.600. The van der Waals surface area contributed by atoms with Crippen molar-refractivity contribution in [2.24, 2.45) is 0 Å². The molecule has 0 atom stereocenters. The lowest BCUT2D eigenvalue weighted by Gasteiger charge is -2.01. The van der Waals surface area contributed by atoms with Crippen LogP contribution in [-0.2, 0) is 6.42 Å². The standard InChI is InChI=1S/C10H15N3/c1(5-13-10-3-4-10)2-9-6-11-8-12-7-9/h6-8,10,13H,1-5H2. The zero-order valence-corrected chi connectivity index (χ0v) is 7.74. The molecule has 1 N–H and O–H groups in total. The van der Waals surface area contributed by atoms with E-state index in [4.69, 9.17) is 0 Å². The van der Waals surface area contributed by atoms with Gasteiger partial charge in [0.05, 0.1) is 0 Å². The fourth-order valence-corrected chi connectivity index (χ4v) is 1.35. The Balaban J connectivity index is 1.61. The number of rotatable bonds is 5. The zero-order valence-electron chi connectivity index (χ0n) is 7.74. The van der Waals surface area contributed by atoms with Gasteiger partial charge in [0.2, 0.25) is 0 Å². The van der Waals surface area contributed by atoms with Crippen LogP contribution in [0.2, 0.25) is 0 Å². The van der Waals surface area contributed by atoms with Crippen LogP contribution in [0.4, 0.5) is 0 Å². The van der Waals surface area contributed by atoms with Gasteiger partial charge in [-0.1, -0.05) is 0 Å². The van der Waals surface area contributed by atoms with Crippen molar-refractivity contribution >= 4 is 0 Å². The van der Waals surface area contributed by atoms with Crippen LogP contribution in [0.25, 0.3) is 0 Å². The second-order valence-electron chi connectivity index (χ2n) is 3.58. The van der Waals surface area contributed by atoms with Crippen LogP contribution >= 0.6 is 0 Å². The Morgan fingerprint density at radius 3 is 2.77 bits per heavy atom. The van der Waals surface area contributed by atoms with Gasteiger partial charge in [-0.05, 0) is 37.8 Å². The van der Waals surface area contributed by atoms with Gasteiger partial charge in [0.1, 0.15) is 6.33 Å². The number of hydrogen-bond donors (Lipinski definition) is 1. The maximum Gasteiger partial charge on any atom is 0.115 e. The number of hydrogen-bond acceptors (Lipinski definition) is 3. The van der Waals surface area contributed by atoms with Gasteiger partial charge in [-0.3, -0.25) is 0 Å². The van der Waals surface area contributed by atoms with Crippen molar-refractivity contribution in [3.63, 3.8) is 0 Å². The Hall–Kier alpha value is -0.960. The highest BCUT2D eigenvalue weighted by Crippen LogP contribution is 2.18. The number of nitrogens with one attached hydrogen (secondary N) is 1. The normalized spacial score (nSPS) is 16.0. The quantitative estimate of drug-likeness (QED) is 0.686. The molecule has 0 amide bonds. The highest BCUT2D eigenvalue weighted by molar-refractivity contribution is 5.02. The minimum Gasteiger partial charge on any atom is -0.314 e. The van der Waals surface area contributed by atoms with Gasteiger partial charge in [-0.25, -0.2) is 9.97 Å². The van der Waals surface area contributed by atoms with Crippen LogP contribution in [0.3, 0.4) is 0 Å².